The lowest BCUT2D eigenvalue weighted by Crippen LogP contribution is -2.34. The van der Waals surface area contributed by atoms with Crippen molar-refractivity contribution in [1.82, 2.24) is 5.32 Å². The van der Waals surface area contributed by atoms with E-state index in [4.69, 9.17) is 34.8 Å². The number of benzene rings is 2. The van der Waals surface area contributed by atoms with Crippen LogP contribution in [0.2, 0.25) is 15.1 Å². The Bertz CT molecular complexity index is 621. The van der Waals surface area contributed by atoms with E-state index in [9.17, 15) is 0 Å². The first-order chi connectivity index (χ1) is 10.2. The van der Waals surface area contributed by atoms with E-state index in [1.807, 2.05) is 36.4 Å². The highest BCUT2D eigenvalue weighted by atomic mass is 35.5. The molecule has 1 aliphatic heterocycles. The largest absolute Gasteiger partial charge is 0.316 e. The zero-order chi connectivity index (χ0) is 14.8. The van der Waals surface area contributed by atoms with Gasteiger partial charge >= 0.3 is 0 Å². The zero-order valence-electron chi connectivity index (χ0n) is 11.5. The summed E-state index contributed by atoms with van der Waals surface area (Å²) in [5, 5.41) is 5.74. The zero-order valence-corrected chi connectivity index (χ0v) is 13.7. The van der Waals surface area contributed by atoms with Crippen LogP contribution in [-0.4, -0.2) is 13.1 Å². The minimum Gasteiger partial charge on any atom is -0.316 e. The Labute approximate surface area is 140 Å². The maximum absolute atomic E-state index is 6.42. The first-order valence-corrected chi connectivity index (χ1v) is 8.21. The highest BCUT2D eigenvalue weighted by Crippen LogP contribution is 2.44. The summed E-state index contributed by atoms with van der Waals surface area (Å²) in [6, 6.07) is 13.7. The molecule has 1 fully saturated rings. The van der Waals surface area contributed by atoms with Crippen molar-refractivity contribution in [2.75, 3.05) is 13.1 Å². The first kappa shape index (κ1) is 15.2. The highest BCUT2D eigenvalue weighted by Gasteiger charge is 2.31. The summed E-state index contributed by atoms with van der Waals surface area (Å²) >= 11 is 19.2. The highest BCUT2D eigenvalue weighted by molar-refractivity contribution is 6.36. The van der Waals surface area contributed by atoms with Crippen molar-refractivity contribution >= 4 is 34.8 Å². The molecule has 0 saturated carbocycles. The molecule has 2 aromatic rings. The van der Waals surface area contributed by atoms with Gasteiger partial charge in [-0.1, -0.05) is 59.1 Å². The van der Waals surface area contributed by atoms with Gasteiger partial charge in [0.2, 0.25) is 0 Å². The summed E-state index contributed by atoms with van der Waals surface area (Å²) < 4.78 is 0. The molecule has 2 unspecified atom stereocenters. The summed E-state index contributed by atoms with van der Waals surface area (Å²) in [5.74, 6) is 0.567. The van der Waals surface area contributed by atoms with Gasteiger partial charge in [0.15, 0.2) is 0 Å². The molecule has 2 atom stereocenters. The summed E-state index contributed by atoms with van der Waals surface area (Å²) in [6.45, 7) is 1.85. The van der Waals surface area contributed by atoms with Crippen molar-refractivity contribution in [3.05, 3.63) is 68.7 Å². The van der Waals surface area contributed by atoms with Crippen LogP contribution in [0.1, 0.15) is 29.4 Å². The van der Waals surface area contributed by atoms with Gasteiger partial charge in [-0.25, -0.2) is 0 Å². The van der Waals surface area contributed by atoms with Gasteiger partial charge in [0, 0.05) is 27.5 Å². The van der Waals surface area contributed by atoms with Crippen LogP contribution in [0, 0.1) is 0 Å². The van der Waals surface area contributed by atoms with Gasteiger partial charge in [-0.05, 0) is 48.2 Å². The SMILES string of the molecule is Clc1ccccc1C1CNCCC1c1c(Cl)cccc1Cl. The number of nitrogens with one attached hydrogen (secondary N) is 1. The van der Waals surface area contributed by atoms with Crippen LogP contribution in [0.5, 0.6) is 0 Å². The molecule has 0 spiro atoms. The van der Waals surface area contributed by atoms with Crippen LogP contribution >= 0.6 is 34.8 Å². The molecule has 0 bridgehead atoms. The number of rotatable bonds is 2. The number of hydrogen-bond acceptors (Lipinski definition) is 1. The summed E-state index contributed by atoms with van der Waals surface area (Å²) in [6.07, 6.45) is 0.999. The predicted octanol–water partition coefficient (Wildman–Crippen LogP) is 5.51. The molecule has 0 aliphatic carbocycles. The maximum atomic E-state index is 6.42. The van der Waals surface area contributed by atoms with Gasteiger partial charge in [-0.3, -0.25) is 0 Å². The molecule has 1 nitrogen and oxygen atoms in total. The van der Waals surface area contributed by atoms with Crippen molar-refractivity contribution in [2.24, 2.45) is 0 Å². The molecule has 110 valence electrons. The Balaban J connectivity index is 2.05. The van der Waals surface area contributed by atoms with E-state index in [0.29, 0.717) is 0 Å². The van der Waals surface area contributed by atoms with Gasteiger partial charge in [0.25, 0.3) is 0 Å². The van der Waals surface area contributed by atoms with Gasteiger partial charge in [-0.15, -0.1) is 0 Å². The van der Waals surface area contributed by atoms with E-state index in [2.05, 4.69) is 11.4 Å². The summed E-state index contributed by atoms with van der Waals surface area (Å²) in [7, 11) is 0. The van der Waals surface area contributed by atoms with Gasteiger partial charge in [0.1, 0.15) is 0 Å². The standard InChI is InChI=1S/C17H16Cl3N/c18-14-5-2-1-4-11(14)13-10-21-9-8-12(13)17-15(19)6-3-7-16(17)20/h1-7,12-13,21H,8-10H2. The monoisotopic (exact) mass is 339 g/mol. The van der Waals surface area contributed by atoms with Crippen LogP contribution in [0.15, 0.2) is 42.5 Å². The molecule has 21 heavy (non-hydrogen) atoms. The first-order valence-electron chi connectivity index (χ1n) is 7.07. The third-order valence-corrected chi connectivity index (χ3v) is 5.16. The van der Waals surface area contributed by atoms with E-state index >= 15 is 0 Å². The Morgan fingerprint density at radius 3 is 2.19 bits per heavy atom. The van der Waals surface area contributed by atoms with E-state index in [1.54, 1.807) is 0 Å². The van der Waals surface area contributed by atoms with Gasteiger partial charge in [0.05, 0.1) is 0 Å². The fourth-order valence-corrected chi connectivity index (χ4v) is 4.13. The second-order valence-electron chi connectivity index (χ2n) is 5.36. The molecule has 0 radical (unpaired) electrons. The molecular weight excluding hydrogens is 325 g/mol. The fraction of sp³-hybridized carbons (Fsp3) is 0.294. The van der Waals surface area contributed by atoms with Crippen molar-refractivity contribution < 1.29 is 0 Å². The lowest BCUT2D eigenvalue weighted by atomic mass is 9.77. The molecule has 0 amide bonds. The van der Waals surface area contributed by atoms with Crippen LogP contribution < -0.4 is 5.32 Å². The minimum atomic E-state index is 0.282. The smallest absolute Gasteiger partial charge is 0.0455 e. The average Bonchev–Trinajstić information content (AvgIpc) is 2.48. The normalized spacial score (nSPS) is 22.2. The van der Waals surface area contributed by atoms with Crippen molar-refractivity contribution in [3.63, 3.8) is 0 Å². The second kappa shape index (κ2) is 6.58. The molecule has 4 heteroatoms. The van der Waals surface area contributed by atoms with Gasteiger partial charge in [-0.2, -0.15) is 0 Å². The minimum absolute atomic E-state index is 0.282. The quantitative estimate of drug-likeness (QED) is 0.760. The van der Waals surface area contributed by atoms with E-state index < -0.39 is 0 Å². The van der Waals surface area contributed by atoms with E-state index in [0.717, 1.165) is 45.7 Å². The Morgan fingerprint density at radius 1 is 0.810 bits per heavy atom. The van der Waals surface area contributed by atoms with Crippen molar-refractivity contribution in [2.45, 2.75) is 18.3 Å². The molecule has 0 aromatic heterocycles. The van der Waals surface area contributed by atoms with Crippen LogP contribution in [0.25, 0.3) is 0 Å². The molecule has 2 aromatic carbocycles. The van der Waals surface area contributed by atoms with E-state index in [1.165, 1.54) is 0 Å². The number of halogens is 3. The lowest BCUT2D eigenvalue weighted by Gasteiger charge is -2.34. The van der Waals surface area contributed by atoms with Crippen LogP contribution in [0.3, 0.4) is 0 Å². The van der Waals surface area contributed by atoms with Crippen molar-refractivity contribution in [3.8, 4) is 0 Å². The Hall–Kier alpha value is -0.730. The molecular formula is C17H16Cl3N. The van der Waals surface area contributed by atoms with E-state index in [-0.39, 0.29) is 11.8 Å². The van der Waals surface area contributed by atoms with Crippen molar-refractivity contribution in [1.29, 1.82) is 0 Å². The molecule has 1 N–H and O–H groups in total. The molecule has 3 rings (SSSR count). The van der Waals surface area contributed by atoms with Gasteiger partial charge < -0.3 is 5.32 Å². The average molecular weight is 341 g/mol. The predicted molar refractivity (Wildman–Crippen MR) is 90.9 cm³/mol. The fourth-order valence-electron chi connectivity index (χ4n) is 3.17. The van der Waals surface area contributed by atoms with Crippen LogP contribution in [-0.2, 0) is 0 Å². The molecule has 1 heterocycles. The molecule has 1 saturated heterocycles. The molecule has 1 aliphatic rings. The topological polar surface area (TPSA) is 12.0 Å². The summed E-state index contributed by atoms with van der Waals surface area (Å²) in [5.41, 5.74) is 2.21. The maximum Gasteiger partial charge on any atom is 0.0455 e. The van der Waals surface area contributed by atoms with Crippen LogP contribution in [0.4, 0.5) is 0 Å². The third-order valence-electron chi connectivity index (χ3n) is 4.16. The second-order valence-corrected chi connectivity index (χ2v) is 6.58. The lowest BCUT2D eigenvalue weighted by molar-refractivity contribution is 0.404. The Morgan fingerprint density at radius 2 is 1.48 bits per heavy atom. The Kier molecular flexibility index (Phi) is 4.75. The number of piperidine rings is 1. The third kappa shape index (κ3) is 3.07. The number of hydrogen-bond donors (Lipinski definition) is 1. The summed E-state index contributed by atoms with van der Waals surface area (Å²) in [4.78, 5) is 0.